The van der Waals surface area contributed by atoms with E-state index in [0.717, 1.165) is 37.4 Å². The van der Waals surface area contributed by atoms with Crippen LogP contribution in [0.3, 0.4) is 0 Å². The van der Waals surface area contributed by atoms with E-state index in [4.69, 9.17) is 14.7 Å². The highest BCUT2D eigenvalue weighted by Crippen LogP contribution is 2.35. The zero-order valence-corrected chi connectivity index (χ0v) is 16.7. The number of rotatable bonds is 4. The second-order valence-corrected chi connectivity index (χ2v) is 8.27. The van der Waals surface area contributed by atoms with E-state index in [1.165, 1.54) is 0 Å². The molecule has 4 unspecified atom stereocenters. The topological polar surface area (TPSA) is 123 Å². The van der Waals surface area contributed by atoms with E-state index < -0.39 is 0 Å². The molecule has 4 aliphatic heterocycles. The molecule has 10 nitrogen and oxygen atoms in total. The molecule has 1 aromatic carbocycles. The number of piperidine rings is 1. The number of hydrazine groups is 1. The smallest absolute Gasteiger partial charge is 0.242 e. The van der Waals surface area contributed by atoms with Gasteiger partial charge in [0.05, 0.1) is 18.2 Å². The molecule has 0 saturated carbocycles. The van der Waals surface area contributed by atoms with Gasteiger partial charge in [0.15, 0.2) is 11.5 Å². The summed E-state index contributed by atoms with van der Waals surface area (Å²) in [5.74, 6) is 1.60. The number of carbonyl (C=O) groups is 1. The van der Waals surface area contributed by atoms with Crippen LogP contribution in [0.4, 0.5) is 5.69 Å². The zero-order chi connectivity index (χ0) is 20.5. The summed E-state index contributed by atoms with van der Waals surface area (Å²) in [6.45, 7) is 2.72. The van der Waals surface area contributed by atoms with E-state index in [0.29, 0.717) is 24.6 Å². The summed E-state index contributed by atoms with van der Waals surface area (Å²) in [5, 5.41) is 19.7. The molecule has 3 fully saturated rings. The van der Waals surface area contributed by atoms with Crippen molar-refractivity contribution in [2.24, 2.45) is 11.8 Å². The third-order valence-electron chi connectivity index (χ3n) is 6.43. The average molecular weight is 413 g/mol. The van der Waals surface area contributed by atoms with Gasteiger partial charge in [0, 0.05) is 43.9 Å². The van der Waals surface area contributed by atoms with E-state index in [2.05, 4.69) is 37.8 Å². The summed E-state index contributed by atoms with van der Waals surface area (Å²) in [4.78, 5) is 15.0. The Balaban J connectivity index is 1.32. The lowest BCUT2D eigenvalue weighted by molar-refractivity contribution is -0.132. The van der Waals surface area contributed by atoms with Crippen molar-refractivity contribution in [3.05, 3.63) is 18.2 Å². The fourth-order valence-electron chi connectivity index (χ4n) is 4.76. The number of hydrogen-bond acceptors (Lipinski definition) is 9. The number of fused-ring (bicyclic) bond motifs is 2. The molecule has 0 spiro atoms. The van der Waals surface area contributed by atoms with E-state index in [1.807, 2.05) is 18.2 Å². The first-order chi connectivity index (χ1) is 14.7. The van der Waals surface area contributed by atoms with Crippen molar-refractivity contribution >= 4 is 11.6 Å². The highest BCUT2D eigenvalue weighted by molar-refractivity contribution is 5.81. The van der Waals surface area contributed by atoms with Crippen molar-refractivity contribution in [3.63, 3.8) is 0 Å². The molecular formula is C20H27N7O3. The number of nitrogens with zero attached hydrogens (tertiary/aromatic N) is 2. The molecule has 30 heavy (non-hydrogen) atoms. The van der Waals surface area contributed by atoms with Crippen LogP contribution in [0, 0.1) is 23.2 Å². The minimum absolute atomic E-state index is 0.00616. The quantitative estimate of drug-likeness (QED) is 0.459. The van der Waals surface area contributed by atoms with Gasteiger partial charge >= 0.3 is 0 Å². The van der Waals surface area contributed by atoms with Crippen LogP contribution in [0.1, 0.15) is 19.3 Å². The molecule has 160 valence electrons. The second kappa shape index (κ2) is 8.28. The number of anilines is 1. The molecule has 0 bridgehead atoms. The molecule has 10 heteroatoms. The maximum Gasteiger partial charge on any atom is 0.242 e. The van der Waals surface area contributed by atoms with Gasteiger partial charge in [0.25, 0.3) is 0 Å². The average Bonchev–Trinajstić information content (AvgIpc) is 3.22. The van der Waals surface area contributed by atoms with Gasteiger partial charge < -0.3 is 14.8 Å². The minimum atomic E-state index is -0.274. The molecule has 4 aliphatic rings. The molecule has 5 rings (SSSR count). The highest BCUT2D eigenvalue weighted by Gasteiger charge is 2.45. The molecular weight excluding hydrogens is 386 g/mol. The van der Waals surface area contributed by atoms with Crippen molar-refractivity contribution in [3.8, 4) is 17.6 Å². The highest BCUT2D eigenvalue weighted by atomic mass is 16.7. The fraction of sp³-hybridized carbons (Fsp3) is 0.600. The summed E-state index contributed by atoms with van der Waals surface area (Å²) >= 11 is 0. The molecule has 0 aliphatic carbocycles. The first kappa shape index (κ1) is 19.4. The maximum atomic E-state index is 12.6. The van der Waals surface area contributed by atoms with Crippen LogP contribution in [0.15, 0.2) is 18.2 Å². The SMILES string of the molecule is N#CCC1CCN(C2NC3CNNC(=O)C3C(Nc3ccc4c(c3)OCO4)N2)CC1. The van der Waals surface area contributed by atoms with Crippen molar-refractivity contribution < 1.29 is 14.3 Å². The summed E-state index contributed by atoms with van der Waals surface area (Å²) in [6.07, 6.45) is 2.36. The number of likely N-dealkylation sites (tertiary alicyclic amines) is 1. The van der Waals surface area contributed by atoms with Gasteiger partial charge in [0.2, 0.25) is 12.7 Å². The van der Waals surface area contributed by atoms with Crippen LogP contribution in [0.25, 0.3) is 0 Å². The molecule has 0 aromatic heterocycles. The third kappa shape index (κ3) is 3.77. The monoisotopic (exact) mass is 413 g/mol. The first-order valence-electron chi connectivity index (χ1n) is 10.5. The number of nitrogens with one attached hydrogen (secondary N) is 5. The van der Waals surface area contributed by atoms with Crippen LogP contribution >= 0.6 is 0 Å². The number of carbonyl (C=O) groups excluding carboxylic acids is 1. The van der Waals surface area contributed by atoms with Crippen molar-refractivity contribution in [1.29, 1.82) is 5.26 Å². The number of amides is 1. The summed E-state index contributed by atoms with van der Waals surface area (Å²) in [5.41, 5.74) is 6.62. The van der Waals surface area contributed by atoms with Gasteiger partial charge in [-0.1, -0.05) is 0 Å². The lowest BCUT2D eigenvalue weighted by Crippen LogP contribution is -2.77. The zero-order valence-electron chi connectivity index (χ0n) is 16.7. The standard InChI is InChI=1S/C20H27N7O3/c21-6-3-12-4-7-27(8-5-12)20-24-14-10-22-26-19(28)17(14)18(25-20)23-13-1-2-15-16(9-13)30-11-29-15/h1-2,9,12,14,17-18,20,22-25H,3-5,7-8,10-11H2,(H,26,28). The van der Waals surface area contributed by atoms with Gasteiger partial charge in [-0.05, 0) is 30.9 Å². The third-order valence-corrected chi connectivity index (χ3v) is 6.43. The van der Waals surface area contributed by atoms with Crippen LogP contribution < -0.4 is 36.3 Å². The fourth-order valence-corrected chi connectivity index (χ4v) is 4.76. The van der Waals surface area contributed by atoms with E-state index in [9.17, 15) is 4.79 Å². The number of benzene rings is 1. The van der Waals surface area contributed by atoms with E-state index in [-0.39, 0.29) is 37.1 Å². The van der Waals surface area contributed by atoms with Crippen LogP contribution in [0.5, 0.6) is 11.5 Å². The molecule has 1 amide bonds. The Hall–Kier alpha value is -2.58. The Morgan fingerprint density at radius 3 is 2.87 bits per heavy atom. The largest absolute Gasteiger partial charge is 0.454 e. The van der Waals surface area contributed by atoms with Gasteiger partial charge in [-0.2, -0.15) is 5.26 Å². The lowest BCUT2D eigenvalue weighted by Gasteiger charge is -2.49. The lowest BCUT2D eigenvalue weighted by atomic mass is 9.90. The number of nitriles is 1. The summed E-state index contributed by atoms with van der Waals surface area (Å²) in [7, 11) is 0. The minimum Gasteiger partial charge on any atom is -0.454 e. The van der Waals surface area contributed by atoms with Crippen LogP contribution in [-0.4, -0.2) is 55.7 Å². The predicted octanol–water partition coefficient (Wildman–Crippen LogP) is -0.125. The Kier molecular flexibility index (Phi) is 5.35. The Bertz CT molecular complexity index is 836. The molecule has 0 radical (unpaired) electrons. The number of hydrogen-bond donors (Lipinski definition) is 5. The van der Waals surface area contributed by atoms with Crippen molar-refractivity contribution in [2.75, 3.05) is 31.7 Å². The Morgan fingerprint density at radius 2 is 2.03 bits per heavy atom. The molecule has 4 heterocycles. The van der Waals surface area contributed by atoms with Gasteiger partial charge in [-0.15, -0.1) is 0 Å². The van der Waals surface area contributed by atoms with E-state index in [1.54, 1.807) is 0 Å². The summed E-state index contributed by atoms with van der Waals surface area (Å²) in [6, 6.07) is 8.01. The van der Waals surface area contributed by atoms with Gasteiger partial charge in [-0.3, -0.25) is 25.8 Å². The van der Waals surface area contributed by atoms with Gasteiger partial charge in [-0.25, -0.2) is 5.43 Å². The Morgan fingerprint density at radius 1 is 1.20 bits per heavy atom. The number of ether oxygens (including phenoxy) is 2. The normalized spacial score (nSPS) is 31.5. The second-order valence-electron chi connectivity index (χ2n) is 8.27. The van der Waals surface area contributed by atoms with Crippen molar-refractivity contribution in [2.45, 2.75) is 37.8 Å². The molecule has 1 aromatic rings. The van der Waals surface area contributed by atoms with Crippen LogP contribution in [0.2, 0.25) is 0 Å². The molecule has 4 atom stereocenters. The Labute approximate surface area is 175 Å². The van der Waals surface area contributed by atoms with Crippen molar-refractivity contribution in [1.82, 2.24) is 26.4 Å². The first-order valence-corrected chi connectivity index (χ1v) is 10.5. The summed E-state index contributed by atoms with van der Waals surface area (Å²) < 4.78 is 10.9. The van der Waals surface area contributed by atoms with Crippen LogP contribution in [-0.2, 0) is 4.79 Å². The predicted molar refractivity (Wildman–Crippen MR) is 108 cm³/mol. The maximum absolute atomic E-state index is 12.6. The van der Waals surface area contributed by atoms with Gasteiger partial charge in [0.1, 0.15) is 6.29 Å². The molecule has 3 saturated heterocycles. The molecule has 5 N–H and O–H groups in total. The van der Waals surface area contributed by atoms with E-state index >= 15 is 0 Å².